The average molecular weight is 371 g/mol. The number of nitrogens with one attached hydrogen (secondary N) is 1. The van der Waals surface area contributed by atoms with Crippen molar-refractivity contribution in [3.05, 3.63) is 57.6 Å². The van der Waals surface area contributed by atoms with Gasteiger partial charge in [-0.05, 0) is 38.5 Å². The van der Waals surface area contributed by atoms with Crippen molar-refractivity contribution < 1.29 is 19.1 Å². The third-order valence-corrected chi connectivity index (χ3v) is 4.22. The second-order valence-corrected chi connectivity index (χ2v) is 5.92. The molecule has 1 aromatic carbocycles. The molecule has 0 bridgehead atoms. The Bertz CT molecular complexity index is 820. The van der Waals surface area contributed by atoms with Gasteiger partial charge in [-0.2, -0.15) is 0 Å². The minimum atomic E-state index is -0.649. The molecule has 0 saturated heterocycles. The zero-order valence-electron chi connectivity index (χ0n) is 14.8. The van der Waals surface area contributed by atoms with Gasteiger partial charge in [0.2, 0.25) is 0 Å². The number of rotatable bonds is 5. The van der Waals surface area contributed by atoms with Gasteiger partial charge < -0.3 is 20.2 Å². The molecule has 0 aliphatic carbocycles. The Morgan fingerprint density at radius 2 is 1.73 bits per heavy atom. The first-order chi connectivity index (χ1) is 12.4. The van der Waals surface area contributed by atoms with Crippen LogP contribution in [0.3, 0.4) is 0 Å². The van der Waals surface area contributed by atoms with Crippen LogP contribution in [-0.4, -0.2) is 36.0 Å². The fourth-order valence-electron chi connectivity index (χ4n) is 2.75. The number of benzene rings is 1. The monoisotopic (exact) mass is 371 g/mol. The number of carbonyl (C=O) groups excluding carboxylic acids is 2. The zero-order valence-corrected chi connectivity index (χ0v) is 15.6. The Hall–Kier alpha value is -2.76. The van der Waals surface area contributed by atoms with Gasteiger partial charge in [-0.25, -0.2) is 9.59 Å². The van der Waals surface area contributed by atoms with Crippen molar-refractivity contribution in [2.75, 3.05) is 13.2 Å². The minimum Gasteiger partial charge on any atom is -0.763 e. The summed E-state index contributed by atoms with van der Waals surface area (Å²) in [6.07, 6.45) is 0. The maximum atomic E-state index is 12.5. The lowest BCUT2D eigenvalue weighted by molar-refractivity contribution is -0.138. The molecule has 0 saturated carbocycles. The number of allylic oxidation sites excluding steroid dienone is 1. The van der Waals surface area contributed by atoms with Gasteiger partial charge >= 0.3 is 11.9 Å². The molecule has 1 N–H and O–H groups in total. The standard InChI is InChI=1S/C19H19N2O4S/c1-4-24-18(22)13-8-6-12(7-9-13)16-14(10-20)17(26)21-11(3)15(16)19(23)25-5-2/h6-9,16H,4-5H2,1-3H3,(H,21,26)/q-1. The quantitative estimate of drug-likeness (QED) is 0.371. The second kappa shape index (κ2) is 8.56. The van der Waals surface area contributed by atoms with Crippen LogP contribution >= 0.6 is 12.2 Å². The van der Waals surface area contributed by atoms with Crippen molar-refractivity contribution in [2.45, 2.75) is 26.7 Å². The highest BCUT2D eigenvalue weighted by atomic mass is 32.1. The summed E-state index contributed by atoms with van der Waals surface area (Å²) in [5.74, 6) is 0.502. The molecule has 26 heavy (non-hydrogen) atoms. The van der Waals surface area contributed by atoms with E-state index in [1.807, 2.05) is 0 Å². The number of thiocarbonyl (C=S) groups is 1. The van der Waals surface area contributed by atoms with Crippen LogP contribution in [0, 0.1) is 0 Å². The number of esters is 2. The molecule has 1 aromatic rings. The molecule has 1 heterocycles. The van der Waals surface area contributed by atoms with E-state index in [1.54, 1.807) is 45.0 Å². The van der Waals surface area contributed by atoms with E-state index in [4.69, 9.17) is 21.7 Å². The topological polar surface area (TPSA) is 86.9 Å². The van der Waals surface area contributed by atoms with E-state index in [0.717, 1.165) is 0 Å². The summed E-state index contributed by atoms with van der Waals surface area (Å²) in [4.78, 5) is 24.6. The Morgan fingerprint density at radius 1 is 1.15 bits per heavy atom. The molecule has 1 unspecified atom stereocenters. The van der Waals surface area contributed by atoms with Gasteiger partial charge in [0.05, 0.1) is 30.3 Å². The highest BCUT2D eigenvalue weighted by Crippen LogP contribution is 2.36. The van der Waals surface area contributed by atoms with E-state index >= 15 is 0 Å². The number of carbonyl (C=O) groups is 2. The van der Waals surface area contributed by atoms with E-state index < -0.39 is 17.9 Å². The third-order valence-electron chi connectivity index (χ3n) is 3.90. The fourth-order valence-corrected chi connectivity index (χ4v) is 3.07. The summed E-state index contributed by atoms with van der Waals surface area (Å²) in [5.41, 5.74) is 2.20. The normalized spacial score (nSPS) is 16.7. The summed E-state index contributed by atoms with van der Waals surface area (Å²) in [5, 5.41) is 12.5. The smallest absolute Gasteiger partial charge is 0.338 e. The Morgan fingerprint density at radius 3 is 2.27 bits per heavy atom. The van der Waals surface area contributed by atoms with Gasteiger partial charge in [-0.15, -0.1) is 0 Å². The van der Waals surface area contributed by atoms with E-state index in [-0.39, 0.29) is 23.8 Å². The summed E-state index contributed by atoms with van der Waals surface area (Å²) in [6, 6.07) is 6.58. The highest BCUT2D eigenvalue weighted by molar-refractivity contribution is 7.80. The lowest BCUT2D eigenvalue weighted by Gasteiger charge is -2.30. The molecule has 136 valence electrons. The second-order valence-electron chi connectivity index (χ2n) is 5.51. The largest absolute Gasteiger partial charge is 0.763 e. The summed E-state index contributed by atoms with van der Waals surface area (Å²) in [7, 11) is 0. The first kappa shape index (κ1) is 19.6. The molecule has 2 rings (SSSR count). The molecule has 7 heteroatoms. The van der Waals surface area contributed by atoms with Gasteiger partial charge in [0.15, 0.2) is 0 Å². The maximum Gasteiger partial charge on any atom is 0.338 e. The molecule has 0 amide bonds. The first-order valence-corrected chi connectivity index (χ1v) is 8.58. The molecule has 0 fully saturated rings. The first-order valence-electron chi connectivity index (χ1n) is 8.17. The van der Waals surface area contributed by atoms with Gasteiger partial charge in [-0.1, -0.05) is 24.4 Å². The van der Waals surface area contributed by atoms with E-state index in [1.165, 1.54) is 0 Å². The van der Waals surface area contributed by atoms with Crippen molar-refractivity contribution in [1.82, 2.24) is 5.32 Å². The van der Waals surface area contributed by atoms with E-state index in [9.17, 15) is 15.0 Å². The van der Waals surface area contributed by atoms with Crippen molar-refractivity contribution in [2.24, 2.45) is 0 Å². The van der Waals surface area contributed by atoms with Crippen molar-refractivity contribution in [3.8, 4) is 0 Å². The fraction of sp³-hybridized carbons (Fsp3) is 0.316. The maximum absolute atomic E-state index is 12.5. The van der Waals surface area contributed by atoms with Crippen LogP contribution < -0.4 is 5.32 Å². The van der Waals surface area contributed by atoms with Gasteiger partial charge in [0, 0.05) is 11.3 Å². The van der Waals surface area contributed by atoms with Crippen LogP contribution in [0.25, 0.3) is 5.41 Å². The summed E-state index contributed by atoms with van der Waals surface area (Å²) in [6.45, 7) is 5.66. The number of nitrogens with zero attached hydrogens (tertiary/aromatic N) is 1. The van der Waals surface area contributed by atoms with Crippen LogP contribution in [-0.2, 0) is 14.3 Å². The van der Waals surface area contributed by atoms with Crippen LogP contribution in [0.5, 0.6) is 0 Å². The molecule has 1 aliphatic rings. The Balaban J connectivity index is 2.52. The minimum absolute atomic E-state index is 0.219. The number of hydrogen-bond donors (Lipinski definition) is 1. The average Bonchev–Trinajstić information content (AvgIpc) is 2.61. The van der Waals surface area contributed by atoms with Crippen molar-refractivity contribution in [3.63, 3.8) is 0 Å². The molecule has 1 aliphatic heterocycles. The van der Waals surface area contributed by atoms with Gasteiger partial charge in [0.25, 0.3) is 0 Å². The van der Waals surface area contributed by atoms with Crippen LogP contribution in [0.1, 0.15) is 42.6 Å². The van der Waals surface area contributed by atoms with Gasteiger partial charge in [0.1, 0.15) is 4.99 Å². The van der Waals surface area contributed by atoms with Crippen molar-refractivity contribution >= 4 is 35.0 Å². The molecule has 0 aromatic heterocycles. The van der Waals surface area contributed by atoms with Crippen LogP contribution in [0.4, 0.5) is 0 Å². The molecule has 0 radical (unpaired) electrons. The summed E-state index contributed by atoms with van der Waals surface area (Å²) >= 11 is 5.26. The highest BCUT2D eigenvalue weighted by Gasteiger charge is 2.34. The predicted octanol–water partition coefficient (Wildman–Crippen LogP) is 2.88. The molecular formula is C19H19N2O4S-. The number of ether oxygens (including phenoxy) is 2. The Kier molecular flexibility index (Phi) is 6.44. The van der Waals surface area contributed by atoms with Crippen LogP contribution in [0.2, 0.25) is 0 Å². The lowest BCUT2D eigenvalue weighted by atomic mass is 9.81. The molecule has 6 nitrogen and oxygen atoms in total. The SMILES string of the molecule is CCOC(=O)C1=C(C)NC(=S)C(=C=[N-])C1c1ccc(C(=O)OCC)cc1. The Labute approximate surface area is 157 Å². The van der Waals surface area contributed by atoms with Crippen LogP contribution in [0.15, 0.2) is 41.1 Å². The number of hydrogen-bond acceptors (Lipinski definition) is 5. The van der Waals surface area contributed by atoms with E-state index in [0.29, 0.717) is 22.4 Å². The lowest BCUT2D eigenvalue weighted by Crippen LogP contribution is -2.35. The third kappa shape index (κ3) is 3.90. The molecule has 1 atom stereocenters. The zero-order chi connectivity index (χ0) is 19.3. The summed E-state index contributed by atoms with van der Waals surface area (Å²) < 4.78 is 10.1. The molecular weight excluding hydrogens is 352 g/mol. The van der Waals surface area contributed by atoms with Gasteiger partial charge in [-0.3, -0.25) is 5.87 Å². The molecule has 0 spiro atoms. The predicted molar refractivity (Wildman–Crippen MR) is 102 cm³/mol. The van der Waals surface area contributed by atoms with E-state index in [2.05, 4.69) is 11.2 Å². The van der Waals surface area contributed by atoms with Crippen molar-refractivity contribution in [1.29, 1.82) is 0 Å².